The van der Waals surface area contributed by atoms with Crippen molar-refractivity contribution in [2.24, 2.45) is 5.92 Å². The van der Waals surface area contributed by atoms with Crippen LogP contribution in [0.5, 0.6) is 5.75 Å². The Balaban J connectivity index is 2.08. The predicted molar refractivity (Wildman–Crippen MR) is 76.3 cm³/mol. The molecule has 3 N–H and O–H groups in total. The van der Waals surface area contributed by atoms with Gasteiger partial charge in [-0.25, -0.2) is 0 Å². The summed E-state index contributed by atoms with van der Waals surface area (Å²) < 4.78 is 5.36. The number of benzene rings is 1. The first-order valence-corrected chi connectivity index (χ1v) is 6.79. The summed E-state index contributed by atoms with van der Waals surface area (Å²) in [4.78, 5) is 12.2. The first kappa shape index (κ1) is 13.7. The lowest BCUT2D eigenvalue weighted by atomic mass is 9.98. The Morgan fingerprint density at radius 1 is 1.47 bits per heavy atom. The number of nitrogens with two attached hydrogens (primary N) is 1. The number of hydrogen-bond donors (Lipinski definition) is 2. The van der Waals surface area contributed by atoms with E-state index < -0.39 is 0 Å². The van der Waals surface area contributed by atoms with E-state index in [1.807, 2.05) is 6.92 Å². The van der Waals surface area contributed by atoms with Gasteiger partial charge in [-0.05, 0) is 57.7 Å². The highest BCUT2D eigenvalue weighted by Crippen LogP contribution is 2.39. The molecule has 0 heterocycles. The van der Waals surface area contributed by atoms with Gasteiger partial charge in [0.15, 0.2) is 0 Å². The molecule has 4 nitrogen and oxygen atoms in total. The third kappa shape index (κ3) is 3.19. The molecule has 0 aromatic heterocycles. The van der Waals surface area contributed by atoms with Crippen LogP contribution < -0.4 is 15.8 Å². The third-order valence-electron chi connectivity index (χ3n) is 3.61. The Kier molecular flexibility index (Phi) is 3.69. The molecule has 104 valence electrons. The number of anilines is 1. The minimum Gasteiger partial charge on any atom is -0.492 e. The molecule has 1 fully saturated rings. The summed E-state index contributed by atoms with van der Waals surface area (Å²) in [7, 11) is 0. The highest BCUT2D eigenvalue weighted by Gasteiger charge is 2.38. The fourth-order valence-corrected chi connectivity index (χ4v) is 2.25. The third-order valence-corrected chi connectivity index (χ3v) is 3.61. The summed E-state index contributed by atoms with van der Waals surface area (Å²) in [6, 6.07) is 5.17. The van der Waals surface area contributed by atoms with Crippen molar-refractivity contribution in [1.82, 2.24) is 5.32 Å². The maximum atomic E-state index is 12.2. The lowest BCUT2D eigenvalue weighted by Gasteiger charge is -2.26. The van der Waals surface area contributed by atoms with Gasteiger partial charge in [0.1, 0.15) is 5.75 Å². The zero-order valence-electron chi connectivity index (χ0n) is 11.8. The van der Waals surface area contributed by atoms with Gasteiger partial charge >= 0.3 is 0 Å². The number of nitrogen functional groups attached to an aromatic ring is 1. The van der Waals surface area contributed by atoms with E-state index in [1.54, 1.807) is 18.2 Å². The van der Waals surface area contributed by atoms with E-state index in [-0.39, 0.29) is 11.4 Å². The van der Waals surface area contributed by atoms with Crippen molar-refractivity contribution < 1.29 is 9.53 Å². The molecule has 19 heavy (non-hydrogen) atoms. The van der Waals surface area contributed by atoms with Crippen molar-refractivity contribution in [3.8, 4) is 5.75 Å². The van der Waals surface area contributed by atoms with Gasteiger partial charge in [-0.3, -0.25) is 4.79 Å². The van der Waals surface area contributed by atoms with E-state index >= 15 is 0 Å². The smallest absolute Gasteiger partial charge is 0.251 e. The zero-order chi connectivity index (χ0) is 14.0. The SMILES string of the molecule is CCOc1ccc(C(=O)NC(C)(C)C2CC2)cc1N. The second-order valence-electron chi connectivity index (χ2n) is 5.64. The topological polar surface area (TPSA) is 64.3 Å². The van der Waals surface area contributed by atoms with E-state index in [9.17, 15) is 4.79 Å². The lowest BCUT2D eigenvalue weighted by Crippen LogP contribution is -2.45. The molecule has 0 bridgehead atoms. The summed E-state index contributed by atoms with van der Waals surface area (Å²) in [5.74, 6) is 1.14. The molecular weight excluding hydrogens is 240 g/mol. The number of carbonyl (C=O) groups excluding carboxylic acids is 1. The molecule has 0 unspecified atom stereocenters. The normalized spacial score (nSPS) is 15.1. The van der Waals surface area contributed by atoms with Gasteiger partial charge in [0.05, 0.1) is 12.3 Å². The molecule has 1 aromatic rings. The highest BCUT2D eigenvalue weighted by molar-refractivity contribution is 5.96. The standard InChI is InChI=1S/C15H22N2O2/c1-4-19-13-8-5-10(9-12(13)16)14(18)17-15(2,3)11-6-7-11/h5,8-9,11H,4,6-7,16H2,1-3H3,(H,17,18). The summed E-state index contributed by atoms with van der Waals surface area (Å²) >= 11 is 0. The van der Waals surface area contributed by atoms with Crippen LogP contribution in [0.4, 0.5) is 5.69 Å². The van der Waals surface area contributed by atoms with Crippen molar-refractivity contribution >= 4 is 11.6 Å². The molecule has 4 heteroatoms. The van der Waals surface area contributed by atoms with Crippen LogP contribution in [0.25, 0.3) is 0 Å². The fourth-order valence-electron chi connectivity index (χ4n) is 2.25. The van der Waals surface area contributed by atoms with Crippen LogP contribution in [-0.4, -0.2) is 18.1 Å². The van der Waals surface area contributed by atoms with Crippen molar-refractivity contribution in [2.45, 2.75) is 39.2 Å². The number of ether oxygens (including phenoxy) is 1. The number of rotatable bonds is 5. The molecule has 0 radical (unpaired) electrons. The summed E-state index contributed by atoms with van der Waals surface area (Å²) in [5.41, 5.74) is 6.80. The van der Waals surface area contributed by atoms with Gasteiger partial charge < -0.3 is 15.8 Å². The van der Waals surface area contributed by atoms with Gasteiger partial charge in [-0.15, -0.1) is 0 Å². The molecule has 2 rings (SSSR count). The van der Waals surface area contributed by atoms with Crippen molar-refractivity contribution in [3.63, 3.8) is 0 Å². The van der Waals surface area contributed by atoms with Crippen molar-refractivity contribution in [1.29, 1.82) is 0 Å². The van der Waals surface area contributed by atoms with E-state index in [2.05, 4.69) is 19.2 Å². The summed E-state index contributed by atoms with van der Waals surface area (Å²) in [6.45, 7) is 6.60. The van der Waals surface area contributed by atoms with E-state index in [4.69, 9.17) is 10.5 Å². The number of carbonyl (C=O) groups is 1. The lowest BCUT2D eigenvalue weighted by molar-refractivity contribution is 0.0903. The first-order chi connectivity index (χ1) is 8.94. The number of nitrogens with one attached hydrogen (secondary N) is 1. The molecular formula is C15H22N2O2. The largest absolute Gasteiger partial charge is 0.492 e. The Morgan fingerprint density at radius 3 is 2.68 bits per heavy atom. The molecule has 1 saturated carbocycles. The molecule has 0 spiro atoms. The quantitative estimate of drug-likeness (QED) is 0.802. The maximum absolute atomic E-state index is 12.2. The van der Waals surface area contributed by atoms with Crippen LogP contribution in [0.2, 0.25) is 0 Å². The monoisotopic (exact) mass is 262 g/mol. The van der Waals surface area contributed by atoms with E-state index in [1.165, 1.54) is 12.8 Å². The Hall–Kier alpha value is -1.71. The minimum atomic E-state index is -0.148. The van der Waals surface area contributed by atoms with Crippen LogP contribution in [0.15, 0.2) is 18.2 Å². The Morgan fingerprint density at radius 2 is 2.16 bits per heavy atom. The number of hydrogen-bond acceptors (Lipinski definition) is 3. The second-order valence-corrected chi connectivity index (χ2v) is 5.64. The average Bonchev–Trinajstić information content (AvgIpc) is 3.15. The number of amides is 1. The molecule has 0 atom stereocenters. The van der Waals surface area contributed by atoms with E-state index in [0.717, 1.165) is 0 Å². The molecule has 1 aliphatic rings. The summed E-state index contributed by atoms with van der Waals surface area (Å²) in [6.07, 6.45) is 2.39. The van der Waals surface area contributed by atoms with Gasteiger partial charge in [0.2, 0.25) is 0 Å². The molecule has 0 saturated heterocycles. The zero-order valence-corrected chi connectivity index (χ0v) is 11.8. The molecule has 0 aliphatic heterocycles. The Bertz CT molecular complexity index is 479. The van der Waals surface area contributed by atoms with Crippen LogP contribution in [0, 0.1) is 5.92 Å². The summed E-state index contributed by atoms with van der Waals surface area (Å²) in [5, 5.41) is 3.08. The predicted octanol–water partition coefficient (Wildman–Crippen LogP) is 2.59. The van der Waals surface area contributed by atoms with E-state index in [0.29, 0.717) is 29.5 Å². The fraction of sp³-hybridized carbons (Fsp3) is 0.533. The van der Waals surface area contributed by atoms with Gasteiger partial charge in [-0.2, -0.15) is 0 Å². The minimum absolute atomic E-state index is 0.0772. The van der Waals surface area contributed by atoms with Crippen LogP contribution in [0.3, 0.4) is 0 Å². The second kappa shape index (κ2) is 5.11. The van der Waals surface area contributed by atoms with Crippen molar-refractivity contribution in [2.75, 3.05) is 12.3 Å². The van der Waals surface area contributed by atoms with Gasteiger partial charge in [0.25, 0.3) is 5.91 Å². The average molecular weight is 262 g/mol. The molecule has 1 aromatic carbocycles. The van der Waals surface area contributed by atoms with Crippen LogP contribution >= 0.6 is 0 Å². The van der Waals surface area contributed by atoms with Gasteiger partial charge in [0, 0.05) is 11.1 Å². The first-order valence-electron chi connectivity index (χ1n) is 6.79. The van der Waals surface area contributed by atoms with Gasteiger partial charge in [-0.1, -0.05) is 0 Å². The maximum Gasteiger partial charge on any atom is 0.251 e. The van der Waals surface area contributed by atoms with Crippen LogP contribution in [0.1, 0.15) is 44.0 Å². The molecule has 1 aliphatic carbocycles. The highest BCUT2D eigenvalue weighted by atomic mass is 16.5. The molecule has 1 amide bonds. The van der Waals surface area contributed by atoms with Crippen molar-refractivity contribution in [3.05, 3.63) is 23.8 Å². The van der Waals surface area contributed by atoms with Crippen LogP contribution in [-0.2, 0) is 0 Å². The Labute approximate surface area is 114 Å².